The maximum atomic E-state index is 13.0. The van der Waals surface area contributed by atoms with Crippen molar-refractivity contribution in [3.8, 4) is 5.88 Å². The number of H-pyrrole nitrogens is 1. The average molecular weight is 640 g/mol. The smallest absolute Gasteiger partial charge is 0.494 e. The van der Waals surface area contributed by atoms with Crippen molar-refractivity contribution in [1.29, 1.82) is 0 Å². The molecule has 3 aliphatic rings. The van der Waals surface area contributed by atoms with Crippen LogP contribution in [0, 0.1) is 0 Å². The van der Waals surface area contributed by atoms with E-state index in [4.69, 9.17) is 19.0 Å². The summed E-state index contributed by atoms with van der Waals surface area (Å²) in [6, 6.07) is 22.6. The molecule has 4 heterocycles. The number of hydrogen-bond donors (Lipinski definition) is 4. The summed E-state index contributed by atoms with van der Waals surface area (Å²) in [5.41, 5.74) is 4.64. The lowest BCUT2D eigenvalue weighted by Gasteiger charge is -2.32. The number of aliphatic hydroxyl groups is 2. The number of nitrogens with one attached hydrogen (secondary N) is 1. The molecule has 47 heavy (non-hydrogen) atoms. The first-order valence-corrected chi connectivity index (χ1v) is 15.8. The Bertz CT molecular complexity index is 1760. The molecule has 4 aromatic rings. The minimum atomic E-state index is -1.12. The fourth-order valence-electron chi connectivity index (χ4n) is 6.26. The van der Waals surface area contributed by atoms with E-state index >= 15 is 0 Å². The number of rotatable bonds is 7. The zero-order valence-corrected chi connectivity index (χ0v) is 26.3. The van der Waals surface area contributed by atoms with Crippen molar-refractivity contribution in [3.05, 3.63) is 83.9 Å². The summed E-state index contributed by atoms with van der Waals surface area (Å²) in [6.45, 7) is 4.00. The summed E-state index contributed by atoms with van der Waals surface area (Å²) in [5.74, 6) is -0.0123. The number of nitrogens with zero attached hydrogens (tertiary/aromatic N) is 4. The van der Waals surface area contributed by atoms with Gasteiger partial charge in [-0.15, -0.1) is 0 Å². The number of benzene rings is 3. The van der Waals surface area contributed by atoms with Gasteiger partial charge in [0, 0.05) is 55.4 Å². The molecule has 3 fully saturated rings. The van der Waals surface area contributed by atoms with Crippen molar-refractivity contribution in [2.24, 2.45) is 4.99 Å². The van der Waals surface area contributed by atoms with Gasteiger partial charge in [-0.1, -0.05) is 42.5 Å². The lowest BCUT2D eigenvalue weighted by atomic mass is 9.79. The normalized spacial score (nSPS) is 24.1. The van der Waals surface area contributed by atoms with Crippen LogP contribution in [0.2, 0.25) is 0 Å². The SMILES string of the molecule is CN1CCN(CC(=O)N(C)c2ccc(N=C(c3ccccc3)c3c(O)[nH]c4cc(B5OC6OC[C@@H](O)[C@H](O)[C@H]6O5)ccc34)cc2)CC1. The number of aromatic nitrogens is 1. The molecule has 1 aromatic heterocycles. The minimum absolute atomic E-state index is 0.0346. The number of hydrogen-bond acceptors (Lipinski definition) is 10. The van der Waals surface area contributed by atoms with Crippen molar-refractivity contribution >= 4 is 46.5 Å². The molecule has 0 radical (unpaired) electrons. The standard InChI is InChI=1S/C34H38BN5O7/c1-38-14-16-40(17-15-38)19-28(42)39(2)24-11-9-23(10-12-24)36-30(21-6-4-3-5-7-21)29-25-13-8-22(18-26(25)37-33(29)44)35-46-32-31(43)27(41)20-45-34(32)47-35/h3-13,18,27,31-32,34,37,41,43-44H,14-17,19-20H2,1-2H3/t27-,31+,32-,34?/m1/s1. The largest absolute Gasteiger partial charge is 0.496 e. The minimum Gasteiger partial charge on any atom is -0.494 e. The third-order valence-electron chi connectivity index (χ3n) is 9.13. The number of aromatic hydroxyl groups is 1. The molecule has 1 amide bonds. The molecule has 0 saturated carbocycles. The monoisotopic (exact) mass is 639 g/mol. The van der Waals surface area contributed by atoms with Crippen LogP contribution in [0.15, 0.2) is 77.8 Å². The van der Waals surface area contributed by atoms with E-state index in [0.29, 0.717) is 34.5 Å². The summed E-state index contributed by atoms with van der Waals surface area (Å²) < 4.78 is 17.3. The number of amides is 1. The molecular formula is C34H38BN5O7. The maximum absolute atomic E-state index is 13.0. The molecule has 13 heteroatoms. The van der Waals surface area contributed by atoms with Crippen LogP contribution in [0.5, 0.6) is 5.88 Å². The first kappa shape index (κ1) is 31.5. The topological polar surface area (TPSA) is 143 Å². The van der Waals surface area contributed by atoms with Crippen LogP contribution in [0.3, 0.4) is 0 Å². The van der Waals surface area contributed by atoms with Crippen LogP contribution in [0.1, 0.15) is 11.1 Å². The van der Waals surface area contributed by atoms with Gasteiger partial charge < -0.3 is 44.1 Å². The van der Waals surface area contributed by atoms with E-state index in [1.807, 2.05) is 72.8 Å². The van der Waals surface area contributed by atoms with Gasteiger partial charge >= 0.3 is 7.12 Å². The summed E-state index contributed by atoms with van der Waals surface area (Å²) in [4.78, 5) is 27.2. The van der Waals surface area contributed by atoms with Gasteiger partial charge in [-0.05, 0) is 42.8 Å². The van der Waals surface area contributed by atoms with E-state index in [2.05, 4.69) is 21.8 Å². The number of ether oxygens (including phenoxy) is 1. The van der Waals surface area contributed by atoms with Crippen molar-refractivity contribution < 1.29 is 34.2 Å². The number of piperazine rings is 1. The van der Waals surface area contributed by atoms with E-state index in [1.54, 1.807) is 11.9 Å². The highest BCUT2D eigenvalue weighted by atomic mass is 16.8. The number of likely N-dealkylation sites (N-methyl/N-ethyl adjacent to an activating group) is 2. The zero-order chi connectivity index (χ0) is 32.7. The van der Waals surface area contributed by atoms with E-state index in [9.17, 15) is 20.1 Å². The van der Waals surface area contributed by atoms with Crippen molar-refractivity contribution in [1.82, 2.24) is 14.8 Å². The number of fused-ring (bicyclic) bond motifs is 2. The van der Waals surface area contributed by atoms with Crippen molar-refractivity contribution in [2.45, 2.75) is 24.6 Å². The third kappa shape index (κ3) is 6.43. The van der Waals surface area contributed by atoms with Gasteiger partial charge in [0.1, 0.15) is 18.3 Å². The summed E-state index contributed by atoms with van der Waals surface area (Å²) in [5, 5.41) is 32.3. The lowest BCUT2D eigenvalue weighted by molar-refractivity contribution is -0.207. The van der Waals surface area contributed by atoms with Crippen LogP contribution in [-0.2, 0) is 18.8 Å². The van der Waals surface area contributed by atoms with Crippen LogP contribution in [-0.4, -0.2) is 127 Å². The van der Waals surface area contributed by atoms with Crippen molar-refractivity contribution in [2.75, 3.05) is 58.3 Å². The zero-order valence-electron chi connectivity index (χ0n) is 26.3. The molecule has 4 N–H and O–H groups in total. The number of aromatic amines is 1. The van der Waals surface area contributed by atoms with Crippen LogP contribution in [0.4, 0.5) is 11.4 Å². The van der Waals surface area contributed by atoms with Crippen LogP contribution < -0.4 is 10.4 Å². The van der Waals surface area contributed by atoms with Gasteiger partial charge in [-0.25, -0.2) is 4.99 Å². The molecule has 0 bridgehead atoms. The number of anilines is 1. The van der Waals surface area contributed by atoms with E-state index in [1.165, 1.54) is 0 Å². The summed E-state index contributed by atoms with van der Waals surface area (Å²) in [6.07, 6.45) is -3.78. The molecule has 0 aliphatic carbocycles. The van der Waals surface area contributed by atoms with Gasteiger partial charge in [0.15, 0.2) is 12.2 Å². The molecule has 3 aliphatic heterocycles. The molecule has 1 unspecified atom stereocenters. The summed E-state index contributed by atoms with van der Waals surface area (Å²) in [7, 11) is 3.06. The molecule has 7 rings (SSSR count). The fourth-order valence-corrected chi connectivity index (χ4v) is 6.26. The maximum Gasteiger partial charge on any atom is 0.496 e. The molecule has 4 atom stereocenters. The number of carbonyl (C=O) groups excluding carboxylic acids is 1. The third-order valence-corrected chi connectivity index (χ3v) is 9.13. The van der Waals surface area contributed by atoms with Gasteiger partial charge in [-0.3, -0.25) is 9.69 Å². The van der Waals surface area contributed by atoms with E-state index in [-0.39, 0.29) is 18.4 Å². The Kier molecular flexibility index (Phi) is 8.86. The molecule has 3 aromatic carbocycles. The fraction of sp³-hybridized carbons (Fsp3) is 0.353. The van der Waals surface area contributed by atoms with Gasteiger partial charge in [0.05, 0.1) is 30.1 Å². The second kappa shape index (κ2) is 13.2. The Balaban J connectivity index is 1.15. The summed E-state index contributed by atoms with van der Waals surface area (Å²) >= 11 is 0. The molecular weight excluding hydrogens is 601 g/mol. The van der Waals surface area contributed by atoms with Gasteiger partial charge in [0.25, 0.3) is 0 Å². The number of aliphatic imine (C=N–C) groups is 1. The highest BCUT2D eigenvalue weighted by Crippen LogP contribution is 2.33. The molecule has 244 valence electrons. The molecule has 12 nitrogen and oxygen atoms in total. The Hall–Kier alpha value is -4.08. The predicted molar refractivity (Wildman–Crippen MR) is 179 cm³/mol. The molecule has 3 saturated heterocycles. The average Bonchev–Trinajstić information content (AvgIpc) is 3.67. The van der Waals surface area contributed by atoms with Gasteiger partial charge in [-0.2, -0.15) is 0 Å². The highest BCUT2D eigenvalue weighted by Gasteiger charge is 2.50. The van der Waals surface area contributed by atoms with Crippen LogP contribution >= 0.6 is 0 Å². The molecule has 0 spiro atoms. The lowest BCUT2D eigenvalue weighted by Crippen LogP contribution is -2.51. The Labute approximate surface area is 272 Å². The highest BCUT2D eigenvalue weighted by molar-refractivity contribution is 6.62. The van der Waals surface area contributed by atoms with E-state index < -0.39 is 31.7 Å². The Morgan fingerprint density at radius 2 is 1.77 bits per heavy atom. The first-order valence-electron chi connectivity index (χ1n) is 15.8. The second-order valence-electron chi connectivity index (χ2n) is 12.4. The first-order chi connectivity index (χ1) is 22.7. The quantitative estimate of drug-likeness (QED) is 0.175. The predicted octanol–water partition coefficient (Wildman–Crippen LogP) is 1.44. The van der Waals surface area contributed by atoms with Gasteiger partial charge in [0.2, 0.25) is 5.91 Å². The number of aliphatic hydroxyl groups excluding tert-OH is 2. The van der Waals surface area contributed by atoms with Crippen LogP contribution in [0.25, 0.3) is 10.9 Å². The number of carbonyl (C=O) groups is 1. The van der Waals surface area contributed by atoms with E-state index in [0.717, 1.165) is 42.8 Å². The Morgan fingerprint density at radius 3 is 2.51 bits per heavy atom. The van der Waals surface area contributed by atoms with Crippen molar-refractivity contribution in [3.63, 3.8) is 0 Å². The Morgan fingerprint density at radius 1 is 1.02 bits per heavy atom. The second-order valence-corrected chi connectivity index (χ2v) is 12.4.